The van der Waals surface area contributed by atoms with Gasteiger partial charge < -0.3 is 10.2 Å². The van der Waals surface area contributed by atoms with Gasteiger partial charge in [0.15, 0.2) is 0 Å². The maximum absolute atomic E-state index is 10.9. The minimum Gasteiger partial charge on any atom is -0.508 e. The van der Waals surface area contributed by atoms with Crippen LogP contribution in [0.15, 0.2) is 42.5 Å². The van der Waals surface area contributed by atoms with E-state index in [9.17, 15) is 9.90 Å². The number of phenols is 1. The van der Waals surface area contributed by atoms with E-state index in [0.29, 0.717) is 5.75 Å². The molecule has 0 atom stereocenters. The Morgan fingerprint density at radius 1 is 1.00 bits per heavy atom. The molecule has 0 radical (unpaired) electrons. The number of aryl methyl sites for hydroxylation is 1. The number of hydrogen-bond donors (Lipinski definition) is 2. The zero-order chi connectivity index (χ0) is 20.2. The van der Waals surface area contributed by atoms with Gasteiger partial charge in [-0.2, -0.15) is 0 Å². The van der Waals surface area contributed by atoms with E-state index < -0.39 is 5.97 Å². The van der Waals surface area contributed by atoms with Crippen molar-refractivity contribution in [3.63, 3.8) is 0 Å². The summed E-state index contributed by atoms with van der Waals surface area (Å²) in [5, 5.41) is 19.7. The van der Waals surface area contributed by atoms with Crippen LogP contribution in [0, 0.1) is 24.7 Å². The third-order valence-electron chi connectivity index (χ3n) is 7.59. The first-order valence-electron chi connectivity index (χ1n) is 10.8. The van der Waals surface area contributed by atoms with Crippen LogP contribution >= 0.6 is 0 Å². The lowest BCUT2D eigenvalue weighted by atomic mass is 9.48. The van der Waals surface area contributed by atoms with Gasteiger partial charge in [-0.15, -0.1) is 0 Å². The van der Waals surface area contributed by atoms with Crippen LogP contribution in [0.2, 0.25) is 0 Å². The molecule has 0 aliphatic heterocycles. The van der Waals surface area contributed by atoms with Crippen molar-refractivity contribution in [2.24, 2.45) is 17.8 Å². The topological polar surface area (TPSA) is 57.5 Å². The number of aliphatic carboxylic acids is 1. The molecule has 3 heteroatoms. The van der Waals surface area contributed by atoms with Gasteiger partial charge in [0, 0.05) is 11.6 Å². The van der Waals surface area contributed by atoms with Crippen LogP contribution in [0.1, 0.15) is 55.2 Å². The molecule has 4 aliphatic rings. The van der Waals surface area contributed by atoms with Crippen LogP contribution in [0.4, 0.5) is 0 Å². The van der Waals surface area contributed by atoms with Crippen molar-refractivity contribution in [3.05, 3.63) is 59.2 Å². The summed E-state index contributed by atoms with van der Waals surface area (Å²) in [6, 6.07) is 12.2. The van der Waals surface area contributed by atoms with Gasteiger partial charge in [0.05, 0.1) is 0 Å². The molecule has 4 aliphatic carbocycles. The summed E-state index contributed by atoms with van der Waals surface area (Å²) in [5.41, 5.74) is 5.54. The summed E-state index contributed by atoms with van der Waals surface area (Å²) in [6.45, 7) is 2.05. The molecule has 0 spiro atoms. The Bertz CT molecular complexity index is 948. The molecule has 2 N–H and O–H groups in total. The predicted octanol–water partition coefficient (Wildman–Crippen LogP) is 5.93. The third kappa shape index (κ3) is 3.27. The molecule has 0 unspecified atom stereocenters. The summed E-state index contributed by atoms with van der Waals surface area (Å²) >= 11 is 0. The van der Waals surface area contributed by atoms with Crippen molar-refractivity contribution in [2.75, 3.05) is 0 Å². The van der Waals surface area contributed by atoms with Crippen LogP contribution in [-0.2, 0) is 10.2 Å². The summed E-state index contributed by atoms with van der Waals surface area (Å²) in [6.07, 6.45) is 10.6. The Hall–Kier alpha value is -2.55. The molecule has 0 heterocycles. The fourth-order valence-corrected chi connectivity index (χ4v) is 6.81. The Morgan fingerprint density at radius 3 is 2.14 bits per heavy atom. The Labute approximate surface area is 172 Å². The highest BCUT2D eigenvalue weighted by Crippen LogP contribution is 2.62. The normalized spacial score (nSPS) is 30.2. The number of benzene rings is 2. The number of carbonyl (C=O) groups is 1. The average Bonchev–Trinajstić information content (AvgIpc) is 2.66. The molecule has 29 heavy (non-hydrogen) atoms. The molecule has 2 aromatic rings. The molecular weight excluding hydrogens is 360 g/mol. The van der Waals surface area contributed by atoms with E-state index in [1.807, 2.05) is 30.3 Å². The number of carboxylic acids is 1. The van der Waals surface area contributed by atoms with Crippen LogP contribution < -0.4 is 0 Å². The van der Waals surface area contributed by atoms with Gasteiger partial charge in [0.25, 0.3) is 0 Å². The predicted molar refractivity (Wildman–Crippen MR) is 115 cm³/mol. The number of aromatic hydroxyl groups is 1. The molecule has 0 saturated heterocycles. The SMILES string of the molecule is Cc1cc(O)c(C23CC4CC(CC(C4)C2)C3)cc1-c1ccc(/C=C/C(=O)O)cc1. The lowest BCUT2D eigenvalue weighted by molar-refractivity contribution is -0.131. The fourth-order valence-electron chi connectivity index (χ4n) is 6.81. The van der Waals surface area contributed by atoms with Crippen molar-refractivity contribution in [2.45, 2.75) is 50.9 Å². The molecule has 0 aromatic heterocycles. The largest absolute Gasteiger partial charge is 0.508 e. The Kier molecular flexibility index (Phi) is 4.31. The summed E-state index contributed by atoms with van der Waals surface area (Å²) in [4.78, 5) is 10.7. The van der Waals surface area contributed by atoms with Gasteiger partial charge in [-0.1, -0.05) is 24.3 Å². The second kappa shape index (κ2) is 6.76. The zero-order valence-electron chi connectivity index (χ0n) is 16.9. The van der Waals surface area contributed by atoms with E-state index in [4.69, 9.17) is 5.11 Å². The van der Waals surface area contributed by atoms with Crippen molar-refractivity contribution < 1.29 is 15.0 Å². The summed E-state index contributed by atoms with van der Waals surface area (Å²) in [5.74, 6) is 2.04. The van der Waals surface area contributed by atoms with Gasteiger partial charge in [0.2, 0.25) is 0 Å². The lowest BCUT2D eigenvalue weighted by Crippen LogP contribution is -2.48. The average molecular weight is 389 g/mol. The van der Waals surface area contributed by atoms with Gasteiger partial charge in [-0.05, 0) is 109 Å². The van der Waals surface area contributed by atoms with Crippen LogP contribution in [0.25, 0.3) is 17.2 Å². The van der Waals surface area contributed by atoms with Gasteiger partial charge >= 0.3 is 5.97 Å². The van der Waals surface area contributed by atoms with E-state index in [2.05, 4.69) is 13.0 Å². The first-order chi connectivity index (χ1) is 13.9. The van der Waals surface area contributed by atoms with Crippen molar-refractivity contribution in [1.82, 2.24) is 0 Å². The van der Waals surface area contributed by atoms with Crippen LogP contribution in [0.3, 0.4) is 0 Å². The summed E-state index contributed by atoms with van der Waals surface area (Å²) < 4.78 is 0. The zero-order valence-corrected chi connectivity index (χ0v) is 16.9. The minimum absolute atomic E-state index is 0.158. The maximum Gasteiger partial charge on any atom is 0.328 e. The highest BCUT2D eigenvalue weighted by atomic mass is 16.4. The highest BCUT2D eigenvalue weighted by molar-refractivity contribution is 5.85. The molecule has 2 aromatic carbocycles. The second-order valence-electron chi connectivity index (χ2n) is 9.68. The monoisotopic (exact) mass is 388 g/mol. The Morgan fingerprint density at radius 2 is 1.59 bits per heavy atom. The first kappa shape index (κ1) is 18.5. The Balaban J connectivity index is 1.52. The molecule has 4 bridgehead atoms. The fraction of sp³-hybridized carbons (Fsp3) is 0.423. The highest BCUT2D eigenvalue weighted by Gasteiger charge is 2.52. The first-order valence-corrected chi connectivity index (χ1v) is 10.8. The summed E-state index contributed by atoms with van der Waals surface area (Å²) in [7, 11) is 0. The van der Waals surface area contributed by atoms with E-state index in [1.54, 1.807) is 6.08 Å². The lowest BCUT2D eigenvalue weighted by Gasteiger charge is -2.57. The molecule has 150 valence electrons. The van der Waals surface area contributed by atoms with E-state index in [0.717, 1.165) is 46.1 Å². The molecular formula is C26H28O3. The van der Waals surface area contributed by atoms with Gasteiger partial charge in [-0.3, -0.25) is 0 Å². The standard InChI is InChI=1S/C26H28O3/c1-16-8-24(27)23(26-13-18-9-19(14-26)11-20(10-18)15-26)12-22(16)21-5-2-17(3-6-21)4-7-25(28)29/h2-8,12,18-20,27H,9-11,13-15H2,1H3,(H,28,29)/b7-4+. The molecule has 4 fully saturated rings. The third-order valence-corrected chi connectivity index (χ3v) is 7.59. The number of hydrogen-bond acceptors (Lipinski definition) is 2. The minimum atomic E-state index is -0.941. The molecule has 0 amide bonds. The quantitative estimate of drug-likeness (QED) is 0.638. The van der Waals surface area contributed by atoms with Crippen LogP contribution in [-0.4, -0.2) is 16.2 Å². The maximum atomic E-state index is 10.9. The molecule has 3 nitrogen and oxygen atoms in total. The van der Waals surface area contributed by atoms with Crippen molar-refractivity contribution >= 4 is 12.0 Å². The van der Waals surface area contributed by atoms with E-state index in [-0.39, 0.29) is 5.41 Å². The second-order valence-corrected chi connectivity index (χ2v) is 9.68. The number of phenolic OH excluding ortho intramolecular Hbond substituents is 1. The number of carboxylic acid groups (broad SMARTS) is 1. The van der Waals surface area contributed by atoms with Gasteiger partial charge in [-0.25, -0.2) is 4.79 Å². The molecule has 6 rings (SSSR count). The van der Waals surface area contributed by atoms with Crippen molar-refractivity contribution in [3.8, 4) is 16.9 Å². The van der Waals surface area contributed by atoms with Crippen LogP contribution in [0.5, 0.6) is 5.75 Å². The van der Waals surface area contributed by atoms with Crippen molar-refractivity contribution in [1.29, 1.82) is 0 Å². The van der Waals surface area contributed by atoms with E-state index in [1.165, 1.54) is 44.1 Å². The molecule has 4 saturated carbocycles. The van der Waals surface area contributed by atoms with Gasteiger partial charge in [0.1, 0.15) is 5.75 Å². The van der Waals surface area contributed by atoms with E-state index >= 15 is 0 Å². The smallest absolute Gasteiger partial charge is 0.328 e. The number of rotatable bonds is 4.